The summed E-state index contributed by atoms with van der Waals surface area (Å²) in [4.78, 5) is 13.1. The number of fused-ring (bicyclic) bond motifs is 1. The van der Waals surface area contributed by atoms with E-state index in [2.05, 4.69) is 5.32 Å². The Balaban J connectivity index is 2.37. The number of amides is 1. The van der Waals surface area contributed by atoms with Crippen molar-refractivity contribution in [2.75, 3.05) is 5.32 Å². The summed E-state index contributed by atoms with van der Waals surface area (Å²) in [7, 11) is 0. The molecule has 0 aromatic heterocycles. The zero-order chi connectivity index (χ0) is 14.3. The van der Waals surface area contributed by atoms with Crippen molar-refractivity contribution < 1.29 is 9.90 Å². The number of para-hydroxylation sites is 1. The minimum absolute atomic E-state index is 0.0137. The molecule has 0 fully saturated rings. The number of hydrogen-bond acceptors (Lipinski definition) is 3. The van der Waals surface area contributed by atoms with Crippen LogP contribution in [0.4, 0.5) is 5.69 Å². The van der Waals surface area contributed by atoms with E-state index in [1.54, 1.807) is 11.8 Å². The number of carbonyl (C=O) groups excluding carboxylic acids is 1. The highest BCUT2D eigenvalue weighted by Gasteiger charge is 2.44. The summed E-state index contributed by atoms with van der Waals surface area (Å²) in [5.74, 6) is 0.0137. The molecule has 19 heavy (non-hydrogen) atoms. The summed E-state index contributed by atoms with van der Waals surface area (Å²) in [5.41, 5.74) is -0.344. The molecule has 1 aromatic carbocycles. The van der Waals surface area contributed by atoms with Gasteiger partial charge in [-0.25, -0.2) is 0 Å². The molecule has 0 aliphatic carbocycles. The van der Waals surface area contributed by atoms with Crippen molar-refractivity contribution in [3.63, 3.8) is 0 Å². The molecule has 0 radical (unpaired) electrons. The highest BCUT2D eigenvalue weighted by Crippen LogP contribution is 2.47. The van der Waals surface area contributed by atoms with Gasteiger partial charge in [0.05, 0.1) is 11.3 Å². The van der Waals surface area contributed by atoms with Crippen LogP contribution in [0.1, 0.15) is 34.1 Å². The van der Waals surface area contributed by atoms with Gasteiger partial charge in [0.15, 0.2) is 0 Å². The van der Waals surface area contributed by atoms with Gasteiger partial charge >= 0.3 is 0 Å². The molecular weight excluding hydrogens is 258 g/mol. The summed E-state index contributed by atoms with van der Waals surface area (Å²) < 4.78 is 0. The molecule has 1 unspecified atom stereocenters. The van der Waals surface area contributed by atoms with Crippen LogP contribution >= 0.6 is 11.8 Å². The molecule has 2 N–H and O–H groups in total. The highest BCUT2D eigenvalue weighted by atomic mass is 32.2. The summed E-state index contributed by atoms with van der Waals surface area (Å²) >= 11 is 1.67. The van der Waals surface area contributed by atoms with Crippen LogP contribution in [0, 0.1) is 5.41 Å². The molecule has 1 amide bonds. The van der Waals surface area contributed by atoms with Crippen LogP contribution in [-0.4, -0.2) is 21.9 Å². The fraction of sp³-hybridized carbons (Fsp3) is 0.533. The zero-order valence-corrected chi connectivity index (χ0v) is 12.7. The fourth-order valence-corrected chi connectivity index (χ4v) is 3.56. The van der Waals surface area contributed by atoms with Crippen LogP contribution in [0.2, 0.25) is 0 Å². The fourth-order valence-electron chi connectivity index (χ4n) is 2.03. The first kappa shape index (κ1) is 14.4. The molecule has 0 bridgehead atoms. The number of rotatable bonds is 2. The lowest BCUT2D eigenvalue weighted by molar-refractivity contribution is -0.117. The molecule has 1 aliphatic rings. The molecule has 1 aromatic rings. The van der Waals surface area contributed by atoms with Crippen LogP contribution in [0.15, 0.2) is 29.2 Å². The Hall–Kier alpha value is -1.00. The normalized spacial score (nSPS) is 20.5. The smallest absolute Gasteiger partial charge is 0.225 e. The van der Waals surface area contributed by atoms with E-state index in [9.17, 15) is 9.90 Å². The lowest BCUT2D eigenvalue weighted by Crippen LogP contribution is -2.46. The molecule has 0 spiro atoms. The van der Waals surface area contributed by atoms with Crippen molar-refractivity contribution in [3.05, 3.63) is 24.3 Å². The van der Waals surface area contributed by atoms with Gasteiger partial charge in [-0.3, -0.25) is 4.79 Å². The maximum Gasteiger partial charge on any atom is 0.225 e. The van der Waals surface area contributed by atoms with E-state index in [4.69, 9.17) is 0 Å². The maximum atomic E-state index is 12.0. The second-order valence-electron chi connectivity index (χ2n) is 6.14. The third kappa shape index (κ3) is 2.79. The van der Waals surface area contributed by atoms with E-state index in [0.29, 0.717) is 6.42 Å². The van der Waals surface area contributed by atoms with Crippen molar-refractivity contribution in [2.24, 2.45) is 5.41 Å². The zero-order valence-electron chi connectivity index (χ0n) is 11.9. The molecule has 104 valence electrons. The monoisotopic (exact) mass is 279 g/mol. The molecule has 1 heterocycles. The van der Waals surface area contributed by atoms with Gasteiger partial charge in [0.2, 0.25) is 5.91 Å². The molecule has 1 aliphatic heterocycles. The van der Waals surface area contributed by atoms with E-state index in [0.717, 1.165) is 10.6 Å². The second kappa shape index (κ2) is 4.84. The van der Waals surface area contributed by atoms with Gasteiger partial charge in [-0.05, 0) is 26.0 Å². The Morgan fingerprint density at radius 1 is 1.26 bits per heavy atom. The quantitative estimate of drug-likeness (QED) is 0.873. The third-order valence-electron chi connectivity index (χ3n) is 4.18. The largest absolute Gasteiger partial charge is 0.390 e. The second-order valence-corrected chi connectivity index (χ2v) is 7.38. The van der Waals surface area contributed by atoms with Gasteiger partial charge in [0, 0.05) is 22.0 Å². The average molecular weight is 279 g/mol. The first-order valence-corrected chi connectivity index (χ1v) is 7.38. The lowest BCUT2D eigenvalue weighted by Gasteiger charge is -2.42. The Bertz CT molecular complexity index is 491. The topological polar surface area (TPSA) is 49.3 Å². The van der Waals surface area contributed by atoms with Crippen LogP contribution < -0.4 is 5.32 Å². The van der Waals surface area contributed by atoms with E-state index >= 15 is 0 Å². The van der Waals surface area contributed by atoms with Crippen molar-refractivity contribution in [2.45, 2.75) is 49.9 Å². The number of anilines is 1. The van der Waals surface area contributed by atoms with E-state index in [1.807, 2.05) is 52.0 Å². The number of aliphatic hydroxyl groups is 1. The van der Waals surface area contributed by atoms with Gasteiger partial charge in [-0.1, -0.05) is 26.0 Å². The summed E-state index contributed by atoms with van der Waals surface area (Å²) in [5, 5.41) is 13.4. The average Bonchev–Trinajstić information content (AvgIpc) is 2.45. The van der Waals surface area contributed by atoms with Crippen molar-refractivity contribution in [1.29, 1.82) is 0 Å². The summed E-state index contributed by atoms with van der Waals surface area (Å²) in [6, 6.07) is 7.82. The van der Waals surface area contributed by atoms with E-state index in [1.165, 1.54) is 0 Å². The van der Waals surface area contributed by atoms with Crippen LogP contribution in [0.25, 0.3) is 0 Å². The summed E-state index contributed by atoms with van der Waals surface area (Å²) in [6.45, 7) is 7.66. The molecular formula is C15H21NO2S. The first-order valence-electron chi connectivity index (χ1n) is 6.50. The van der Waals surface area contributed by atoms with Gasteiger partial charge in [0.25, 0.3) is 0 Å². The minimum Gasteiger partial charge on any atom is -0.390 e. The van der Waals surface area contributed by atoms with E-state index < -0.39 is 5.60 Å². The SMILES string of the molecule is CC(C)(O)C(C)(C)C1CC(=O)Nc2ccccc2S1. The standard InChI is InChI=1S/C15H21NO2S/c1-14(2,15(3,4)18)12-9-13(17)16-10-7-5-6-8-11(10)19-12/h5-8,12,18H,9H2,1-4H3,(H,16,17). The Labute approximate surface area is 118 Å². The van der Waals surface area contributed by atoms with Gasteiger partial charge in [0.1, 0.15) is 0 Å². The number of carbonyl (C=O) groups is 1. The minimum atomic E-state index is -0.843. The summed E-state index contributed by atoms with van der Waals surface area (Å²) in [6.07, 6.45) is 0.413. The van der Waals surface area contributed by atoms with Crippen molar-refractivity contribution >= 4 is 23.4 Å². The molecule has 4 heteroatoms. The Morgan fingerprint density at radius 2 is 1.89 bits per heavy atom. The lowest BCUT2D eigenvalue weighted by atomic mass is 9.73. The predicted octanol–water partition coefficient (Wildman–Crippen LogP) is 3.29. The maximum absolute atomic E-state index is 12.0. The third-order valence-corrected chi connectivity index (χ3v) is 5.83. The number of nitrogens with one attached hydrogen (secondary N) is 1. The number of benzene rings is 1. The van der Waals surface area contributed by atoms with Crippen molar-refractivity contribution in [1.82, 2.24) is 0 Å². The van der Waals surface area contributed by atoms with Crippen LogP contribution in [-0.2, 0) is 4.79 Å². The number of hydrogen-bond donors (Lipinski definition) is 2. The van der Waals surface area contributed by atoms with Gasteiger partial charge in [-0.2, -0.15) is 0 Å². The molecule has 0 saturated heterocycles. The number of thioether (sulfide) groups is 1. The molecule has 2 rings (SSSR count). The first-order chi connectivity index (χ1) is 8.72. The van der Waals surface area contributed by atoms with Gasteiger partial charge < -0.3 is 10.4 Å². The van der Waals surface area contributed by atoms with E-state index in [-0.39, 0.29) is 16.6 Å². The molecule has 3 nitrogen and oxygen atoms in total. The predicted molar refractivity (Wildman–Crippen MR) is 79.4 cm³/mol. The Morgan fingerprint density at radius 3 is 2.53 bits per heavy atom. The highest BCUT2D eigenvalue weighted by molar-refractivity contribution is 8.00. The Kier molecular flexibility index (Phi) is 3.67. The van der Waals surface area contributed by atoms with Crippen molar-refractivity contribution in [3.8, 4) is 0 Å². The van der Waals surface area contributed by atoms with Gasteiger partial charge in [-0.15, -0.1) is 11.8 Å². The van der Waals surface area contributed by atoms with Crippen LogP contribution in [0.3, 0.4) is 0 Å². The van der Waals surface area contributed by atoms with Crippen LogP contribution in [0.5, 0.6) is 0 Å². The molecule has 0 saturated carbocycles. The molecule has 1 atom stereocenters.